The summed E-state index contributed by atoms with van der Waals surface area (Å²) in [5, 5.41) is 0. The first-order valence-electron chi connectivity index (χ1n) is 11.1. The first-order valence-corrected chi connectivity index (χ1v) is 12.3. The highest BCUT2D eigenvalue weighted by Crippen LogP contribution is 2.42. The number of benzene rings is 3. The molecule has 0 aliphatic heterocycles. The Morgan fingerprint density at radius 3 is 1.68 bits per heavy atom. The van der Waals surface area contributed by atoms with Crippen LogP contribution in [0.25, 0.3) is 0 Å². The number of ether oxygens (including phenoxy) is 1. The predicted octanol–water partition coefficient (Wildman–Crippen LogP) is 8.45. The number of halogens is 1. The summed E-state index contributed by atoms with van der Waals surface area (Å²) in [5.74, 6) is 0. The molecule has 3 aromatic rings. The molecule has 0 bridgehead atoms. The molecule has 3 rings (SSSR count). The van der Waals surface area contributed by atoms with E-state index in [1.54, 1.807) is 0 Å². The Bertz CT molecular complexity index is 836. The van der Waals surface area contributed by atoms with Crippen molar-refractivity contribution in [1.29, 1.82) is 0 Å². The topological polar surface area (TPSA) is 9.23 Å². The molecule has 1 unspecified atom stereocenters. The minimum atomic E-state index is -0.692. The number of unbranched alkanes of at least 4 members (excludes halogenated alkanes) is 2. The summed E-state index contributed by atoms with van der Waals surface area (Å²) in [6.45, 7) is 2.23. The van der Waals surface area contributed by atoms with Crippen LogP contribution in [0.1, 0.15) is 49.3 Å². The van der Waals surface area contributed by atoms with Gasteiger partial charge in [0.25, 0.3) is 0 Å². The molecule has 0 fully saturated rings. The van der Waals surface area contributed by atoms with Gasteiger partial charge in [-0.3, -0.25) is 0 Å². The molecule has 3 aromatic carbocycles. The molecule has 1 atom stereocenters. The van der Waals surface area contributed by atoms with Crippen LogP contribution >= 0.6 is 22.6 Å². The molecule has 31 heavy (non-hydrogen) atoms. The fraction of sp³-hybridized carbons (Fsp3) is 0.241. The average molecular weight is 522 g/mol. The second-order valence-corrected chi connectivity index (χ2v) is 8.32. The highest BCUT2D eigenvalue weighted by atomic mass is 127. The Morgan fingerprint density at radius 1 is 0.774 bits per heavy atom. The Labute approximate surface area is 201 Å². The smallest absolute Gasteiger partial charge is 0.144 e. The predicted molar refractivity (Wildman–Crippen MR) is 141 cm³/mol. The van der Waals surface area contributed by atoms with E-state index in [4.69, 9.17) is 4.74 Å². The van der Waals surface area contributed by atoms with E-state index in [2.05, 4.69) is 143 Å². The van der Waals surface area contributed by atoms with Crippen molar-refractivity contribution in [2.24, 2.45) is 0 Å². The van der Waals surface area contributed by atoms with E-state index in [0.717, 1.165) is 29.5 Å². The lowest BCUT2D eigenvalue weighted by molar-refractivity contribution is -0.0229. The molecule has 2 heteroatoms. The maximum Gasteiger partial charge on any atom is 0.144 e. The van der Waals surface area contributed by atoms with E-state index in [1.807, 2.05) is 0 Å². The van der Waals surface area contributed by atoms with Gasteiger partial charge in [0.05, 0.1) is 6.10 Å². The van der Waals surface area contributed by atoms with Crippen molar-refractivity contribution in [3.8, 4) is 0 Å². The Morgan fingerprint density at radius 2 is 1.26 bits per heavy atom. The quantitative estimate of drug-likeness (QED) is 0.106. The minimum absolute atomic E-state index is 0.0384. The molecular formula is C29H31IO. The van der Waals surface area contributed by atoms with Crippen LogP contribution in [0.15, 0.2) is 113 Å². The Hall–Kier alpha value is -2.17. The molecule has 0 saturated carbocycles. The van der Waals surface area contributed by atoms with Crippen LogP contribution < -0.4 is 0 Å². The lowest BCUT2D eigenvalue weighted by atomic mass is 9.80. The minimum Gasteiger partial charge on any atom is -0.353 e. The molecule has 0 saturated heterocycles. The first kappa shape index (κ1) is 23.5. The van der Waals surface area contributed by atoms with Crippen molar-refractivity contribution in [2.75, 3.05) is 0 Å². The molecule has 0 aromatic heterocycles. The highest BCUT2D eigenvalue weighted by Gasteiger charge is 2.39. The van der Waals surface area contributed by atoms with Crippen LogP contribution in [-0.2, 0) is 10.3 Å². The fourth-order valence-electron chi connectivity index (χ4n) is 3.87. The van der Waals surface area contributed by atoms with Gasteiger partial charge < -0.3 is 4.74 Å². The van der Waals surface area contributed by atoms with Gasteiger partial charge in [-0.05, 0) is 33.6 Å². The van der Waals surface area contributed by atoms with E-state index in [0.29, 0.717) is 0 Å². The molecule has 0 aliphatic carbocycles. The zero-order chi connectivity index (χ0) is 21.8. The summed E-state index contributed by atoms with van der Waals surface area (Å²) in [4.78, 5) is 0. The molecule has 0 amide bonds. The largest absolute Gasteiger partial charge is 0.353 e. The lowest BCUT2D eigenvalue weighted by Gasteiger charge is -2.38. The van der Waals surface area contributed by atoms with Gasteiger partial charge in [-0.2, -0.15) is 0 Å². The average Bonchev–Trinajstić information content (AvgIpc) is 2.85. The SMILES string of the molecule is CCCCC=CC(CC=CI)OC(c1ccccc1)(c1ccccc1)c1ccccc1. The van der Waals surface area contributed by atoms with Crippen LogP contribution in [0.4, 0.5) is 0 Å². The summed E-state index contributed by atoms with van der Waals surface area (Å²) in [7, 11) is 0. The first-order chi connectivity index (χ1) is 15.3. The number of rotatable bonds is 11. The van der Waals surface area contributed by atoms with Crippen molar-refractivity contribution in [3.63, 3.8) is 0 Å². The standard InChI is InChI=1S/C29H31IO/c1-2-3-4-14-22-28(23-15-24-30)31-29(25-16-8-5-9-17-25,26-18-10-6-11-19-26)27-20-12-7-13-21-27/h5-22,24,28H,2-4,23H2,1H3. The van der Waals surface area contributed by atoms with Crippen molar-refractivity contribution in [2.45, 2.75) is 44.3 Å². The van der Waals surface area contributed by atoms with E-state index in [1.165, 1.54) is 12.8 Å². The van der Waals surface area contributed by atoms with Crippen molar-refractivity contribution >= 4 is 22.6 Å². The Kier molecular flexibility index (Phi) is 9.57. The maximum absolute atomic E-state index is 7.14. The molecular weight excluding hydrogens is 491 g/mol. The summed E-state index contributed by atoms with van der Waals surface area (Å²) in [5.41, 5.74) is 2.72. The van der Waals surface area contributed by atoms with Crippen LogP contribution in [0.3, 0.4) is 0 Å². The highest BCUT2D eigenvalue weighted by molar-refractivity contribution is 14.1. The monoisotopic (exact) mass is 522 g/mol. The fourth-order valence-corrected chi connectivity index (χ4v) is 4.16. The molecule has 0 radical (unpaired) electrons. The van der Waals surface area contributed by atoms with Gasteiger partial charge in [-0.15, -0.1) is 0 Å². The third kappa shape index (κ3) is 6.18. The van der Waals surface area contributed by atoms with E-state index in [9.17, 15) is 0 Å². The maximum atomic E-state index is 7.14. The van der Waals surface area contributed by atoms with Crippen molar-refractivity contribution in [3.05, 3.63) is 130 Å². The van der Waals surface area contributed by atoms with Gasteiger partial charge in [-0.1, -0.05) is 152 Å². The third-order valence-electron chi connectivity index (χ3n) is 5.40. The zero-order valence-corrected chi connectivity index (χ0v) is 20.3. The summed E-state index contributed by atoms with van der Waals surface area (Å²) in [6.07, 6.45) is 11.0. The van der Waals surface area contributed by atoms with E-state index >= 15 is 0 Å². The van der Waals surface area contributed by atoms with Crippen molar-refractivity contribution in [1.82, 2.24) is 0 Å². The second-order valence-electron chi connectivity index (χ2n) is 7.60. The molecule has 0 N–H and O–H groups in total. The summed E-state index contributed by atoms with van der Waals surface area (Å²) in [6, 6.07) is 31.8. The summed E-state index contributed by atoms with van der Waals surface area (Å²) >= 11 is 2.28. The van der Waals surface area contributed by atoms with Crippen LogP contribution in [0.5, 0.6) is 0 Å². The molecule has 0 spiro atoms. The van der Waals surface area contributed by atoms with Gasteiger partial charge >= 0.3 is 0 Å². The summed E-state index contributed by atoms with van der Waals surface area (Å²) < 4.78 is 9.21. The van der Waals surface area contributed by atoms with Gasteiger partial charge in [0.2, 0.25) is 0 Å². The second kappa shape index (κ2) is 12.6. The number of hydrogen-bond donors (Lipinski definition) is 0. The van der Waals surface area contributed by atoms with Crippen LogP contribution in [0, 0.1) is 0 Å². The van der Waals surface area contributed by atoms with Gasteiger partial charge in [0.15, 0.2) is 0 Å². The molecule has 160 valence electrons. The number of allylic oxidation sites excluding steroid dienone is 1. The normalized spacial score (nSPS) is 13.1. The molecule has 0 aliphatic rings. The lowest BCUT2D eigenvalue weighted by Crippen LogP contribution is -2.36. The van der Waals surface area contributed by atoms with Gasteiger partial charge in [0, 0.05) is 0 Å². The van der Waals surface area contributed by atoms with E-state index < -0.39 is 5.60 Å². The number of hydrogen-bond acceptors (Lipinski definition) is 1. The zero-order valence-electron chi connectivity index (χ0n) is 18.2. The Balaban J connectivity index is 2.15. The van der Waals surface area contributed by atoms with Crippen LogP contribution in [0.2, 0.25) is 0 Å². The van der Waals surface area contributed by atoms with E-state index in [-0.39, 0.29) is 6.10 Å². The van der Waals surface area contributed by atoms with Crippen LogP contribution in [-0.4, -0.2) is 6.10 Å². The van der Waals surface area contributed by atoms with Crippen molar-refractivity contribution < 1.29 is 4.74 Å². The third-order valence-corrected chi connectivity index (χ3v) is 5.91. The molecule has 0 heterocycles. The van der Waals surface area contributed by atoms with Gasteiger partial charge in [-0.25, -0.2) is 0 Å². The molecule has 1 nitrogen and oxygen atoms in total. The van der Waals surface area contributed by atoms with Gasteiger partial charge in [0.1, 0.15) is 5.60 Å².